The highest BCUT2D eigenvalue weighted by molar-refractivity contribution is 5.75. The summed E-state index contributed by atoms with van der Waals surface area (Å²) in [4.78, 5) is 35.6. The molecular formula is C21H20F2N2O6. The summed E-state index contributed by atoms with van der Waals surface area (Å²) in [5, 5.41) is 20.2. The van der Waals surface area contributed by atoms with E-state index in [-0.39, 0.29) is 42.4 Å². The number of piperidine rings is 1. The van der Waals surface area contributed by atoms with E-state index in [1.807, 2.05) is 0 Å². The van der Waals surface area contributed by atoms with Crippen LogP contribution in [-0.2, 0) is 10.7 Å². The summed E-state index contributed by atoms with van der Waals surface area (Å²) in [6, 6.07) is 10.5. The van der Waals surface area contributed by atoms with Gasteiger partial charge in [-0.3, -0.25) is 14.9 Å². The predicted octanol–water partition coefficient (Wildman–Crippen LogP) is 4.40. The van der Waals surface area contributed by atoms with Crippen LogP contribution in [0.4, 0.5) is 19.3 Å². The first-order chi connectivity index (χ1) is 14.5. The van der Waals surface area contributed by atoms with Crippen molar-refractivity contribution in [2.75, 3.05) is 13.1 Å². The second-order valence-electron chi connectivity index (χ2n) is 7.50. The van der Waals surface area contributed by atoms with Gasteiger partial charge in [0.05, 0.1) is 10.8 Å². The van der Waals surface area contributed by atoms with E-state index in [1.165, 1.54) is 53.4 Å². The van der Waals surface area contributed by atoms with Gasteiger partial charge in [-0.05, 0) is 24.1 Å². The Morgan fingerprint density at radius 3 is 2.26 bits per heavy atom. The minimum Gasteiger partial charge on any atom is -0.481 e. The Bertz CT molecular complexity index is 973. The third-order valence-electron chi connectivity index (χ3n) is 5.20. The van der Waals surface area contributed by atoms with Gasteiger partial charge < -0.3 is 14.7 Å². The van der Waals surface area contributed by atoms with Crippen LogP contribution in [0, 0.1) is 16.0 Å². The molecule has 0 bridgehead atoms. The van der Waals surface area contributed by atoms with Crippen molar-refractivity contribution in [2.45, 2.75) is 25.2 Å². The van der Waals surface area contributed by atoms with Crippen LogP contribution in [-0.4, -0.2) is 40.1 Å². The smallest absolute Gasteiger partial charge is 0.415 e. The van der Waals surface area contributed by atoms with Crippen molar-refractivity contribution in [2.24, 2.45) is 5.92 Å². The van der Waals surface area contributed by atoms with Crippen molar-refractivity contribution in [3.8, 4) is 5.75 Å². The number of non-ortho nitro benzene ring substituents is 1. The SMILES string of the molecule is CC(F)(F)c1ccc(C2CC(C(=O)O)CN(C(=O)Oc3ccc([N+](=O)[O-])cc3)C2)cc1. The third kappa shape index (κ3) is 5.33. The van der Waals surface area contributed by atoms with Crippen molar-refractivity contribution in [1.82, 2.24) is 4.90 Å². The number of halogens is 2. The van der Waals surface area contributed by atoms with Crippen LogP contribution in [0.1, 0.15) is 30.4 Å². The van der Waals surface area contributed by atoms with Crippen LogP contribution in [0.2, 0.25) is 0 Å². The molecule has 0 aliphatic carbocycles. The van der Waals surface area contributed by atoms with Crippen LogP contribution in [0.3, 0.4) is 0 Å². The fourth-order valence-electron chi connectivity index (χ4n) is 3.52. The molecular weight excluding hydrogens is 414 g/mol. The van der Waals surface area contributed by atoms with Gasteiger partial charge in [0.2, 0.25) is 0 Å². The maximum absolute atomic E-state index is 13.5. The molecule has 8 nitrogen and oxygen atoms in total. The topological polar surface area (TPSA) is 110 Å². The lowest BCUT2D eigenvalue weighted by Crippen LogP contribution is -2.46. The van der Waals surface area contributed by atoms with Crippen molar-refractivity contribution in [1.29, 1.82) is 0 Å². The molecule has 0 aromatic heterocycles. The number of aliphatic carboxylic acids is 1. The van der Waals surface area contributed by atoms with Crippen LogP contribution >= 0.6 is 0 Å². The highest BCUT2D eigenvalue weighted by atomic mass is 19.3. The number of nitro benzene ring substituents is 1. The summed E-state index contributed by atoms with van der Waals surface area (Å²) < 4.78 is 32.1. The molecule has 2 atom stereocenters. The maximum Gasteiger partial charge on any atom is 0.415 e. The lowest BCUT2D eigenvalue weighted by molar-refractivity contribution is -0.384. The normalized spacial score (nSPS) is 19.0. The van der Waals surface area contributed by atoms with Crippen LogP contribution in [0.5, 0.6) is 5.75 Å². The van der Waals surface area contributed by atoms with Crippen LogP contribution < -0.4 is 4.74 Å². The number of carboxylic acid groups (broad SMARTS) is 1. The molecule has 1 saturated heterocycles. The third-order valence-corrected chi connectivity index (χ3v) is 5.20. The average molecular weight is 434 g/mol. The Kier molecular flexibility index (Phi) is 6.19. The molecule has 0 saturated carbocycles. The van der Waals surface area contributed by atoms with E-state index < -0.39 is 28.8 Å². The van der Waals surface area contributed by atoms with E-state index in [2.05, 4.69) is 0 Å². The van der Waals surface area contributed by atoms with E-state index in [9.17, 15) is 33.6 Å². The van der Waals surface area contributed by atoms with Gasteiger partial charge in [0.25, 0.3) is 11.6 Å². The number of amides is 1. The first kappa shape index (κ1) is 22.1. The fraction of sp³-hybridized carbons (Fsp3) is 0.333. The Morgan fingerprint density at radius 1 is 1.13 bits per heavy atom. The molecule has 2 aromatic rings. The van der Waals surface area contributed by atoms with Gasteiger partial charge in [-0.1, -0.05) is 24.3 Å². The van der Waals surface area contributed by atoms with E-state index >= 15 is 0 Å². The van der Waals surface area contributed by atoms with Crippen molar-refractivity contribution in [3.05, 3.63) is 69.8 Å². The number of nitrogens with zero attached hydrogens (tertiary/aromatic N) is 2. The van der Waals surface area contributed by atoms with Crippen molar-refractivity contribution < 1.29 is 33.1 Å². The second-order valence-corrected chi connectivity index (χ2v) is 7.50. The summed E-state index contributed by atoms with van der Waals surface area (Å²) in [6.07, 6.45) is -0.542. The number of alkyl halides is 2. The van der Waals surface area contributed by atoms with Gasteiger partial charge in [0.15, 0.2) is 0 Å². The van der Waals surface area contributed by atoms with Crippen LogP contribution in [0.25, 0.3) is 0 Å². The second kappa shape index (κ2) is 8.66. The zero-order valence-electron chi connectivity index (χ0n) is 16.5. The first-order valence-electron chi connectivity index (χ1n) is 9.47. The van der Waals surface area contributed by atoms with E-state index in [0.717, 1.165) is 6.92 Å². The van der Waals surface area contributed by atoms with Crippen molar-refractivity contribution in [3.63, 3.8) is 0 Å². The Hall–Kier alpha value is -3.56. The van der Waals surface area contributed by atoms with Gasteiger partial charge in [0.1, 0.15) is 5.75 Å². The maximum atomic E-state index is 13.5. The number of ether oxygens (including phenoxy) is 1. The Balaban J connectivity index is 1.76. The van der Waals surface area contributed by atoms with Crippen LogP contribution in [0.15, 0.2) is 48.5 Å². The first-order valence-corrected chi connectivity index (χ1v) is 9.47. The molecule has 10 heteroatoms. The van der Waals surface area contributed by atoms with Gasteiger partial charge >= 0.3 is 12.1 Å². The van der Waals surface area contributed by atoms with Gasteiger partial charge in [0, 0.05) is 43.6 Å². The fourth-order valence-corrected chi connectivity index (χ4v) is 3.52. The molecule has 3 rings (SSSR count). The zero-order chi connectivity index (χ0) is 22.8. The number of carbonyl (C=O) groups is 2. The zero-order valence-corrected chi connectivity index (χ0v) is 16.5. The minimum atomic E-state index is -2.99. The Labute approximate surface area is 176 Å². The van der Waals surface area contributed by atoms with E-state index in [0.29, 0.717) is 5.56 Å². The van der Waals surface area contributed by atoms with Gasteiger partial charge in [-0.25, -0.2) is 13.6 Å². The predicted molar refractivity (Wildman–Crippen MR) is 105 cm³/mol. The molecule has 1 heterocycles. The highest BCUT2D eigenvalue weighted by Crippen LogP contribution is 2.33. The van der Waals surface area contributed by atoms with Gasteiger partial charge in [-0.15, -0.1) is 0 Å². The molecule has 31 heavy (non-hydrogen) atoms. The minimum absolute atomic E-state index is 0.0667. The summed E-state index contributed by atoms with van der Waals surface area (Å²) in [5.74, 6) is -5.21. The summed E-state index contributed by atoms with van der Waals surface area (Å²) >= 11 is 0. The molecule has 164 valence electrons. The summed E-state index contributed by atoms with van der Waals surface area (Å²) in [6.45, 7) is 0.874. The molecule has 1 N–H and O–H groups in total. The molecule has 1 aliphatic heterocycles. The number of hydrogen-bond acceptors (Lipinski definition) is 5. The number of carboxylic acids is 1. The quantitative estimate of drug-likeness (QED) is 0.552. The highest BCUT2D eigenvalue weighted by Gasteiger charge is 2.35. The van der Waals surface area contributed by atoms with Gasteiger partial charge in [-0.2, -0.15) is 0 Å². The number of rotatable bonds is 5. The molecule has 1 aliphatic rings. The van der Waals surface area contributed by atoms with E-state index in [4.69, 9.17) is 4.74 Å². The largest absolute Gasteiger partial charge is 0.481 e. The molecule has 1 amide bonds. The molecule has 0 spiro atoms. The molecule has 1 fully saturated rings. The monoisotopic (exact) mass is 434 g/mol. The summed E-state index contributed by atoms with van der Waals surface area (Å²) in [7, 11) is 0. The standard InChI is InChI=1S/C21H20F2N2O6/c1-21(22,23)16-4-2-13(3-5-16)14-10-15(19(26)27)12-24(11-14)20(28)31-18-8-6-17(7-9-18)25(29)30/h2-9,14-15H,10-12H2,1H3,(H,26,27). The average Bonchev–Trinajstić information content (AvgIpc) is 2.73. The molecule has 2 aromatic carbocycles. The molecule has 2 unspecified atom stereocenters. The van der Waals surface area contributed by atoms with E-state index in [1.54, 1.807) is 0 Å². The Morgan fingerprint density at radius 2 is 1.74 bits per heavy atom. The lowest BCUT2D eigenvalue weighted by atomic mass is 9.84. The number of likely N-dealkylation sites (tertiary alicyclic amines) is 1. The lowest BCUT2D eigenvalue weighted by Gasteiger charge is -2.35. The number of hydrogen-bond donors (Lipinski definition) is 1. The number of carbonyl (C=O) groups excluding carboxylic acids is 1. The number of benzene rings is 2. The summed E-state index contributed by atoms with van der Waals surface area (Å²) in [5.41, 5.74) is 0.327. The molecule has 0 radical (unpaired) electrons. The number of nitro groups is 1. The van der Waals surface area contributed by atoms with Crippen molar-refractivity contribution >= 4 is 17.7 Å².